The monoisotopic (exact) mass is 532 g/mol. The van der Waals surface area contributed by atoms with E-state index in [-0.39, 0.29) is 24.0 Å². The van der Waals surface area contributed by atoms with Crippen LogP contribution in [-0.4, -0.2) is 63.6 Å². The van der Waals surface area contributed by atoms with Gasteiger partial charge in [-0.3, -0.25) is 0 Å². The summed E-state index contributed by atoms with van der Waals surface area (Å²) in [4.78, 5) is 0.339. The van der Waals surface area contributed by atoms with Crippen molar-refractivity contribution in [2.75, 3.05) is 46.4 Å². The Morgan fingerprint density at radius 1 is 0.966 bits per heavy atom. The lowest BCUT2D eigenvalue weighted by Gasteiger charge is -2.37. The van der Waals surface area contributed by atoms with E-state index in [1.807, 2.05) is 37.3 Å². The van der Waals surface area contributed by atoms with Gasteiger partial charge in [0.25, 0.3) is 0 Å². The summed E-state index contributed by atoms with van der Waals surface area (Å²) in [5.74, 6) is 0.883. The average molecular weight is 532 g/mol. The number of sulfonamides is 1. The SMILES string of the molecule is CC[N+](CC)(CCOc1cccc(C)c1)CCN(C)S(=O)(=O)c1ccccc1.[I-]. The van der Waals surface area contributed by atoms with Crippen LogP contribution in [0.5, 0.6) is 5.75 Å². The van der Waals surface area contributed by atoms with Crippen LogP contribution >= 0.6 is 0 Å². The molecular formula is C22H33IN2O3S. The second-order valence-electron chi connectivity index (χ2n) is 7.23. The number of hydrogen-bond acceptors (Lipinski definition) is 3. The molecule has 0 unspecified atom stereocenters. The molecule has 0 fully saturated rings. The lowest BCUT2D eigenvalue weighted by molar-refractivity contribution is -0.924. The molecule has 0 aliphatic heterocycles. The molecule has 5 nitrogen and oxygen atoms in total. The van der Waals surface area contributed by atoms with Crippen LogP contribution in [0.4, 0.5) is 0 Å². The lowest BCUT2D eigenvalue weighted by atomic mass is 10.2. The van der Waals surface area contributed by atoms with E-state index in [0.717, 1.165) is 36.4 Å². The average Bonchev–Trinajstić information content (AvgIpc) is 2.71. The molecule has 0 atom stereocenters. The number of quaternary nitrogens is 1. The van der Waals surface area contributed by atoms with E-state index in [4.69, 9.17) is 4.74 Å². The maximum Gasteiger partial charge on any atom is 0.243 e. The topological polar surface area (TPSA) is 46.6 Å². The molecule has 0 aliphatic carbocycles. The Labute approximate surface area is 193 Å². The first-order chi connectivity index (χ1) is 13.3. The molecule has 0 aromatic heterocycles. The van der Waals surface area contributed by atoms with E-state index in [1.165, 1.54) is 9.87 Å². The Balaban J connectivity index is 0.00000420. The van der Waals surface area contributed by atoms with E-state index in [0.29, 0.717) is 18.0 Å². The Bertz CT molecular complexity index is 840. The van der Waals surface area contributed by atoms with E-state index in [2.05, 4.69) is 13.8 Å². The maximum atomic E-state index is 12.8. The fourth-order valence-corrected chi connectivity index (χ4v) is 4.46. The van der Waals surface area contributed by atoms with Gasteiger partial charge < -0.3 is 33.2 Å². The van der Waals surface area contributed by atoms with Gasteiger partial charge in [0, 0.05) is 7.05 Å². The third-order valence-electron chi connectivity index (χ3n) is 5.51. The first-order valence-corrected chi connectivity index (χ1v) is 11.3. The minimum Gasteiger partial charge on any atom is -1.00 e. The predicted octanol–water partition coefficient (Wildman–Crippen LogP) is 0.555. The molecule has 7 heteroatoms. The van der Waals surface area contributed by atoms with Crippen molar-refractivity contribution in [3.63, 3.8) is 0 Å². The van der Waals surface area contributed by atoms with Crippen LogP contribution in [0.1, 0.15) is 19.4 Å². The van der Waals surface area contributed by atoms with Gasteiger partial charge in [-0.1, -0.05) is 30.3 Å². The zero-order chi connectivity index (χ0) is 20.6. The second kappa shape index (κ2) is 11.9. The minimum atomic E-state index is -3.45. The van der Waals surface area contributed by atoms with Gasteiger partial charge in [0.15, 0.2) is 0 Å². The van der Waals surface area contributed by atoms with Crippen molar-refractivity contribution in [1.29, 1.82) is 0 Å². The number of hydrogen-bond donors (Lipinski definition) is 0. The number of nitrogens with zero attached hydrogens (tertiary/aromatic N) is 2. The molecule has 0 saturated carbocycles. The third kappa shape index (κ3) is 7.24. The van der Waals surface area contributed by atoms with Gasteiger partial charge >= 0.3 is 0 Å². The molecule has 29 heavy (non-hydrogen) atoms. The van der Waals surface area contributed by atoms with Gasteiger partial charge in [-0.25, -0.2) is 8.42 Å². The zero-order valence-corrected chi connectivity index (χ0v) is 20.8. The van der Waals surface area contributed by atoms with Crippen molar-refractivity contribution in [3.05, 3.63) is 60.2 Å². The van der Waals surface area contributed by atoms with Crippen molar-refractivity contribution in [3.8, 4) is 5.75 Å². The minimum absolute atomic E-state index is 0. The van der Waals surface area contributed by atoms with Crippen LogP contribution < -0.4 is 28.7 Å². The van der Waals surface area contributed by atoms with Crippen LogP contribution in [0, 0.1) is 6.92 Å². The molecule has 0 bridgehead atoms. The number of aryl methyl sites for hydroxylation is 1. The van der Waals surface area contributed by atoms with Gasteiger partial charge in [-0.15, -0.1) is 0 Å². The fraction of sp³-hybridized carbons (Fsp3) is 0.455. The maximum absolute atomic E-state index is 12.8. The van der Waals surface area contributed by atoms with Crippen LogP contribution in [0.2, 0.25) is 0 Å². The highest BCUT2D eigenvalue weighted by atomic mass is 127. The standard InChI is InChI=1S/C22H33N2O3S.HI/c1-5-24(6-2,17-18-27-21-12-10-11-20(3)19-21)16-15-23(4)28(25,26)22-13-8-7-9-14-22;/h7-14,19H,5-6,15-18H2,1-4H3;1H/q+1;/p-1. The Morgan fingerprint density at radius 2 is 1.62 bits per heavy atom. The predicted molar refractivity (Wildman–Crippen MR) is 114 cm³/mol. The van der Waals surface area contributed by atoms with Crippen LogP contribution in [0.25, 0.3) is 0 Å². The number of benzene rings is 2. The largest absolute Gasteiger partial charge is 1.00 e. The number of likely N-dealkylation sites (N-methyl/N-ethyl adjacent to an activating group) is 2. The van der Waals surface area contributed by atoms with E-state index in [9.17, 15) is 8.42 Å². The highest BCUT2D eigenvalue weighted by molar-refractivity contribution is 7.89. The van der Waals surface area contributed by atoms with Crippen molar-refractivity contribution >= 4 is 10.0 Å². The van der Waals surface area contributed by atoms with Crippen molar-refractivity contribution in [2.24, 2.45) is 0 Å². The van der Waals surface area contributed by atoms with Crippen molar-refractivity contribution in [1.82, 2.24) is 4.31 Å². The van der Waals surface area contributed by atoms with E-state index < -0.39 is 10.0 Å². The highest BCUT2D eigenvalue weighted by Crippen LogP contribution is 2.16. The smallest absolute Gasteiger partial charge is 0.243 e. The lowest BCUT2D eigenvalue weighted by Crippen LogP contribution is -3.00. The van der Waals surface area contributed by atoms with Crippen LogP contribution in [-0.2, 0) is 10.0 Å². The molecule has 0 amide bonds. The molecule has 162 valence electrons. The van der Waals surface area contributed by atoms with E-state index in [1.54, 1.807) is 31.3 Å². The first kappa shape index (κ1) is 25.9. The molecule has 2 rings (SSSR count). The quantitative estimate of drug-likeness (QED) is 0.314. The molecular weight excluding hydrogens is 499 g/mol. The molecule has 0 radical (unpaired) electrons. The first-order valence-electron chi connectivity index (χ1n) is 9.89. The molecule has 0 N–H and O–H groups in total. The third-order valence-corrected chi connectivity index (χ3v) is 7.38. The Hall–Kier alpha value is -1.16. The Morgan fingerprint density at radius 3 is 2.21 bits per heavy atom. The summed E-state index contributed by atoms with van der Waals surface area (Å²) < 4.78 is 33.7. The molecule has 2 aromatic carbocycles. The summed E-state index contributed by atoms with van der Waals surface area (Å²) in [7, 11) is -1.80. The Kier molecular flexibility index (Phi) is 10.6. The number of ether oxygens (including phenoxy) is 1. The highest BCUT2D eigenvalue weighted by Gasteiger charge is 2.27. The van der Waals surface area contributed by atoms with Gasteiger partial charge in [-0.2, -0.15) is 4.31 Å². The molecule has 2 aromatic rings. The van der Waals surface area contributed by atoms with Crippen LogP contribution in [0.3, 0.4) is 0 Å². The molecule has 0 spiro atoms. The van der Waals surface area contributed by atoms with Gasteiger partial charge in [0.2, 0.25) is 10.0 Å². The summed E-state index contributed by atoms with van der Waals surface area (Å²) in [6.45, 7) is 10.9. The summed E-state index contributed by atoms with van der Waals surface area (Å²) in [5.41, 5.74) is 1.18. The second-order valence-corrected chi connectivity index (χ2v) is 9.27. The number of halogens is 1. The van der Waals surface area contributed by atoms with Crippen LogP contribution in [0.15, 0.2) is 59.5 Å². The number of rotatable bonds is 11. The summed E-state index contributed by atoms with van der Waals surface area (Å²) in [6.07, 6.45) is 0. The normalized spacial score (nSPS) is 11.9. The van der Waals surface area contributed by atoms with E-state index >= 15 is 0 Å². The summed E-state index contributed by atoms with van der Waals surface area (Å²) in [5, 5.41) is 0. The molecule has 0 saturated heterocycles. The van der Waals surface area contributed by atoms with Gasteiger partial charge in [-0.05, 0) is 50.6 Å². The molecule has 0 aliphatic rings. The fourth-order valence-electron chi connectivity index (χ4n) is 3.28. The van der Waals surface area contributed by atoms with Crippen molar-refractivity contribution < 1.29 is 41.6 Å². The van der Waals surface area contributed by atoms with Gasteiger partial charge in [0.05, 0.1) is 31.1 Å². The van der Waals surface area contributed by atoms with Crippen molar-refractivity contribution in [2.45, 2.75) is 25.7 Å². The van der Waals surface area contributed by atoms with Gasteiger partial charge in [0.1, 0.15) is 18.9 Å². The molecule has 0 heterocycles. The zero-order valence-electron chi connectivity index (χ0n) is 17.8. The summed E-state index contributed by atoms with van der Waals surface area (Å²) >= 11 is 0. The summed E-state index contributed by atoms with van der Waals surface area (Å²) in [6, 6.07) is 16.7.